The van der Waals surface area contributed by atoms with E-state index in [2.05, 4.69) is 11.0 Å². The van der Waals surface area contributed by atoms with Gasteiger partial charge in [0.25, 0.3) is 0 Å². The quantitative estimate of drug-likeness (QED) is 0.301. The first-order valence-corrected chi connectivity index (χ1v) is 12.8. The number of nitrogens with zero attached hydrogens (tertiary/aromatic N) is 2. The Morgan fingerprint density at radius 2 is 1.68 bits per heavy atom. The number of carboxylic acids is 1. The minimum absolute atomic E-state index is 0.359. The smallest absolute Gasteiger partial charge is 0.320 e. The van der Waals surface area contributed by atoms with E-state index in [9.17, 15) is 9.90 Å². The van der Waals surface area contributed by atoms with Crippen LogP contribution in [-0.2, 0) is 11.4 Å². The van der Waals surface area contributed by atoms with E-state index in [4.69, 9.17) is 19.2 Å². The average Bonchev–Trinajstić information content (AvgIpc) is 2.96. The molecule has 0 radical (unpaired) electrons. The van der Waals surface area contributed by atoms with Gasteiger partial charge in [-0.1, -0.05) is 55.0 Å². The molecule has 7 nitrogen and oxygen atoms in total. The molecule has 1 aliphatic heterocycles. The van der Waals surface area contributed by atoms with Gasteiger partial charge in [-0.3, -0.25) is 14.7 Å². The van der Waals surface area contributed by atoms with E-state index in [0.29, 0.717) is 36.8 Å². The molecule has 0 aliphatic carbocycles. The molecule has 1 aromatic heterocycles. The van der Waals surface area contributed by atoms with Crippen LogP contribution in [0.15, 0.2) is 79.0 Å². The Kier molecular flexibility index (Phi) is 7.75. The van der Waals surface area contributed by atoms with Crippen molar-refractivity contribution >= 4 is 16.9 Å². The zero-order valence-electron chi connectivity index (χ0n) is 21.7. The molecule has 5 rings (SSSR count). The fraction of sp³-hybridized carbons (Fsp3) is 0.290. The number of pyridine rings is 1. The number of fused-ring (bicyclic) bond motifs is 1. The largest absolute Gasteiger partial charge is 0.493 e. The van der Waals surface area contributed by atoms with Gasteiger partial charge in [0, 0.05) is 11.6 Å². The Morgan fingerprint density at radius 3 is 2.39 bits per heavy atom. The monoisotopic (exact) mass is 512 g/mol. The summed E-state index contributed by atoms with van der Waals surface area (Å²) in [6.45, 7) is 1.02. The molecule has 3 aromatic carbocycles. The molecule has 38 heavy (non-hydrogen) atoms. The van der Waals surface area contributed by atoms with E-state index in [1.165, 1.54) is 0 Å². The lowest BCUT2D eigenvalue weighted by atomic mass is 9.91. The topological polar surface area (TPSA) is 81.1 Å². The number of carboxylic acid groups (broad SMARTS) is 1. The maximum Gasteiger partial charge on any atom is 0.320 e. The fourth-order valence-corrected chi connectivity index (χ4v) is 5.27. The van der Waals surface area contributed by atoms with Gasteiger partial charge < -0.3 is 19.3 Å². The van der Waals surface area contributed by atoms with Crippen LogP contribution in [0.3, 0.4) is 0 Å². The zero-order valence-corrected chi connectivity index (χ0v) is 21.7. The Balaban J connectivity index is 1.61. The molecule has 0 amide bonds. The van der Waals surface area contributed by atoms with Gasteiger partial charge in [-0.25, -0.2) is 0 Å². The van der Waals surface area contributed by atoms with Gasteiger partial charge >= 0.3 is 5.97 Å². The van der Waals surface area contributed by atoms with Crippen LogP contribution >= 0.6 is 0 Å². The molecule has 0 bridgehead atoms. The number of benzene rings is 3. The van der Waals surface area contributed by atoms with Gasteiger partial charge in [0.2, 0.25) is 5.75 Å². The minimum Gasteiger partial charge on any atom is -0.493 e. The molecule has 2 atom stereocenters. The normalized spacial score (nSPS) is 16.6. The number of aromatic nitrogens is 1. The van der Waals surface area contributed by atoms with Crippen LogP contribution in [-0.4, -0.2) is 47.8 Å². The van der Waals surface area contributed by atoms with Gasteiger partial charge in [-0.15, -0.1) is 0 Å². The van der Waals surface area contributed by atoms with E-state index in [-0.39, 0.29) is 6.04 Å². The third-order valence-electron chi connectivity index (χ3n) is 7.11. The number of carbonyl (C=O) groups is 1. The molecule has 2 heterocycles. The third-order valence-corrected chi connectivity index (χ3v) is 7.11. The van der Waals surface area contributed by atoms with Crippen molar-refractivity contribution in [3.63, 3.8) is 0 Å². The lowest BCUT2D eigenvalue weighted by molar-refractivity contribution is -0.145. The molecule has 1 saturated heterocycles. The first kappa shape index (κ1) is 25.5. The van der Waals surface area contributed by atoms with Gasteiger partial charge in [-0.05, 0) is 60.3 Å². The second kappa shape index (κ2) is 11.5. The zero-order chi connectivity index (χ0) is 26.5. The number of rotatable bonds is 9. The van der Waals surface area contributed by atoms with Crippen LogP contribution in [0, 0.1) is 0 Å². The Morgan fingerprint density at radius 1 is 0.974 bits per heavy atom. The van der Waals surface area contributed by atoms with Crippen molar-refractivity contribution < 1.29 is 24.1 Å². The third kappa shape index (κ3) is 5.29. The molecule has 7 heteroatoms. The molecule has 0 saturated carbocycles. The number of hydrogen-bond donors (Lipinski definition) is 1. The molecule has 0 spiro atoms. The summed E-state index contributed by atoms with van der Waals surface area (Å²) < 4.78 is 17.7. The van der Waals surface area contributed by atoms with Crippen LogP contribution < -0.4 is 14.2 Å². The molecule has 1 aliphatic rings. The molecule has 1 fully saturated rings. The lowest BCUT2D eigenvalue weighted by Crippen LogP contribution is -2.46. The number of piperidine rings is 1. The SMILES string of the molecule is COc1cc(C(c2cnc3ccccc3c2)N2CCCCC2C(=O)O)cc(OC)c1OCc1ccccc1. The summed E-state index contributed by atoms with van der Waals surface area (Å²) in [5.74, 6) is 0.743. The van der Waals surface area contributed by atoms with Crippen LogP contribution in [0.4, 0.5) is 0 Å². The number of ether oxygens (including phenoxy) is 3. The first-order valence-electron chi connectivity index (χ1n) is 12.8. The van der Waals surface area contributed by atoms with E-state index in [1.807, 2.05) is 72.9 Å². The molecule has 1 N–H and O–H groups in total. The molecule has 196 valence electrons. The molecular formula is C31H32N2O5. The van der Waals surface area contributed by atoms with E-state index in [0.717, 1.165) is 40.4 Å². The number of methoxy groups -OCH3 is 2. The van der Waals surface area contributed by atoms with Crippen molar-refractivity contribution in [2.75, 3.05) is 20.8 Å². The predicted octanol–water partition coefficient (Wildman–Crippen LogP) is 5.86. The second-order valence-corrected chi connectivity index (χ2v) is 9.48. The van der Waals surface area contributed by atoms with Gasteiger partial charge in [0.05, 0.1) is 25.8 Å². The summed E-state index contributed by atoms with van der Waals surface area (Å²) in [7, 11) is 3.20. The molecule has 4 aromatic rings. The van der Waals surface area contributed by atoms with Crippen LogP contribution in [0.25, 0.3) is 10.9 Å². The average molecular weight is 513 g/mol. The van der Waals surface area contributed by atoms with Crippen molar-refractivity contribution in [3.8, 4) is 17.2 Å². The summed E-state index contributed by atoms with van der Waals surface area (Å²) in [6.07, 6.45) is 4.25. The number of hydrogen-bond acceptors (Lipinski definition) is 6. The minimum atomic E-state index is -0.815. The van der Waals surface area contributed by atoms with Crippen LogP contribution in [0.5, 0.6) is 17.2 Å². The summed E-state index contributed by atoms with van der Waals surface area (Å²) in [5.41, 5.74) is 3.69. The molecular weight excluding hydrogens is 480 g/mol. The number of likely N-dealkylation sites (tertiary alicyclic amines) is 1. The second-order valence-electron chi connectivity index (χ2n) is 9.48. The highest BCUT2D eigenvalue weighted by atomic mass is 16.5. The Labute approximate surface area is 222 Å². The van der Waals surface area contributed by atoms with E-state index in [1.54, 1.807) is 14.2 Å². The van der Waals surface area contributed by atoms with Crippen molar-refractivity contribution in [1.29, 1.82) is 0 Å². The van der Waals surface area contributed by atoms with Crippen molar-refractivity contribution in [2.45, 2.75) is 38.0 Å². The Bertz CT molecular complexity index is 1380. The van der Waals surface area contributed by atoms with Crippen LogP contribution in [0.2, 0.25) is 0 Å². The Hall–Kier alpha value is -4.10. The lowest BCUT2D eigenvalue weighted by Gasteiger charge is -2.39. The van der Waals surface area contributed by atoms with Crippen molar-refractivity contribution in [2.24, 2.45) is 0 Å². The van der Waals surface area contributed by atoms with Crippen LogP contribution in [0.1, 0.15) is 42.0 Å². The van der Waals surface area contributed by atoms with Crippen molar-refractivity contribution in [3.05, 3.63) is 95.7 Å². The predicted molar refractivity (Wildman–Crippen MR) is 146 cm³/mol. The van der Waals surface area contributed by atoms with E-state index >= 15 is 0 Å². The first-order chi connectivity index (χ1) is 18.6. The highest BCUT2D eigenvalue weighted by Gasteiger charge is 2.36. The van der Waals surface area contributed by atoms with E-state index < -0.39 is 12.0 Å². The maximum absolute atomic E-state index is 12.3. The molecule has 2 unspecified atom stereocenters. The maximum atomic E-state index is 12.3. The fourth-order valence-electron chi connectivity index (χ4n) is 5.27. The van der Waals surface area contributed by atoms with Gasteiger partial charge in [0.1, 0.15) is 12.6 Å². The summed E-state index contributed by atoms with van der Waals surface area (Å²) in [4.78, 5) is 19.1. The van der Waals surface area contributed by atoms with Gasteiger partial charge in [0.15, 0.2) is 11.5 Å². The highest BCUT2D eigenvalue weighted by Crippen LogP contribution is 2.44. The highest BCUT2D eigenvalue weighted by molar-refractivity contribution is 5.79. The number of para-hydroxylation sites is 1. The van der Waals surface area contributed by atoms with Gasteiger partial charge in [-0.2, -0.15) is 0 Å². The number of aliphatic carboxylic acids is 1. The summed E-state index contributed by atoms with van der Waals surface area (Å²) in [6, 6.07) is 22.8. The van der Waals surface area contributed by atoms with Crippen molar-refractivity contribution in [1.82, 2.24) is 9.88 Å². The summed E-state index contributed by atoms with van der Waals surface area (Å²) >= 11 is 0. The summed E-state index contributed by atoms with van der Waals surface area (Å²) in [5, 5.41) is 11.1. The standard InChI is InChI=1S/C31H32N2O5/c1-36-27-17-23(18-28(37-2)30(27)38-20-21-10-4-3-5-11-21)29(33-15-9-8-14-26(33)31(34)35)24-16-22-12-6-7-13-25(22)32-19-24/h3-7,10-13,16-19,26,29H,8-9,14-15,20H2,1-2H3,(H,34,35).